The van der Waals surface area contributed by atoms with E-state index in [9.17, 15) is 13.6 Å². The van der Waals surface area contributed by atoms with Gasteiger partial charge in [0.2, 0.25) is 0 Å². The van der Waals surface area contributed by atoms with E-state index in [2.05, 4.69) is 0 Å². The predicted octanol–water partition coefficient (Wildman–Crippen LogP) is 1.97. The second-order valence-corrected chi connectivity index (χ2v) is 6.64. The van der Waals surface area contributed by atoms with Crippen molar-refractivity contribution in [3.8, 4) is 0 Å². The molecule has 120 valence electrons. The Labute approximate surface area is 129 Å². The van der Waals surface area contributed by atoms with Crippen LogP contribution in [0, 0.1) is 11.6 Å². The zero-order valence-electron chi connectivity index (χ0n) is 13.7. The summed E-state index contributed by atoms with van der Waals surface area (Å²) in [5, 5.41) is 0. The first kappa shape index (κ1) is 16.9. The summed E-state index contributed by atoms with van der Waals surface area (Å²) in [6, 6.07) is 1.85. The Morgan fingerprint density at radius 2 is 1.55 bits per heavy atom. The van der Waals surface area contributed by atoms with Crippen molar-refractivity contribution in [2.24, 2.45) is 0 Å². The van der Waals surface area contributed by atoms with Crippen molar-refractivity contribution in [1.82, 2.24) is 4.90 Å². The number of hydrogen-bond donors (Lipinski definition) is 0. The molecule has 1 fully saturated rings. The van der Waals surface area contributed by atoms with Crippen LogP contribution in [0.3, 0.4) is 0 Å². The number of hydrogen-bond acceptors (Lipinski definition) is 3. The number of carbonyl (C=O) groups excluding carboxylic acids is 1. The maximum Gasteiger partial charge on any atom is 0.497 e. The van der Waals surface area contributed by atoms with Crippen molar-refractivity contribution in [2.45, 2.75) is 38.9 Å². The van der Waals surface area contributed by atoms with Crippen molar-refractivity contribution in [3.05, 3.63) is 29.3 Å². The van der Waals surface area contributed by atoms with E-state index < -0.39 is 35.9 Å². The van der Waals surface area contributed by atoms with Gasteiger partial charge in [-0.05, 0) is 39.8 Å². The SMILES string of the molecule is CN(C)C(=O)c1cc(F)c(B2OC(C)(C)C(C)(C)O2)cc1F. The van der Waals surface area contributed by atoms with Crippen LogP contribution in [0.4, 0.5) is 8.78 Å². The standard InChI is InChI=1S/C15H20BF2NO3/c1-14(2)15(3,4)22-16(21-14)10-8-11(17)9(7-12(10)18)13(20)19(5)6/h7-8H,1-6H3. The highest BCUT2D eigenvalue weighted by atomic mass is 19.1. The fourth-order valence-corrected chi connectivity index (χ4v) is 2.12. The number of carbonyl (C=O) groups is 1. The van der Waals surface area contributed by atoms with E-state index in [1.807, 2.05) is 27.7 Å². The molecule has 0 N–H and O–H groups in total. The summed E-state index contributed by atoms with van der Waals surface area (Å²) in [5.41, 5.74) is -1.67. The minimum Gasteiger partial charge on any atom is -0.399 e. The van der Waals surface area contributed by atoms with Crippen LogP contribution in [-0.4, -0.2) is 43.2 Å². The maximum atomic E-state index is 14.3. The van der Waals surface area contributed by atoms with Crippen LogP contribution >= 0.6 is 0 Å². The van der Waals surface area contributed by atoms with Gasteiger partial charge in [0.15, 0.2) is 0 Å². The van der Waals surface area contributed by atoms with Crippen molar-refractivity contribution in [3.63, 3.8) is 0 Å². The lowest BCUT2D eigenvalue weighted by Gasteiger charge is -2.32. The zero-order valence-corrected chi connectivity index (χ0v) is 13.7. The summed E-state index contributed by atoms with van der Waals surface area (Å²) < 4.78 is 39.9. The molecule has 1 heterocycles. The van der Waals surface area contributed by atoms with Gasteiger partial charge >= 0.3 is 7.12 Å². The van der Waals surface area contributed by atoms with Gasteiger partial charge in [-0.3, -0.25) is 4.79 Å². The fraction of sp³-hybridized carbons (Fsp3) is 0.533. The van der Waals surface area contributed by atoms with E-state index >= 15 is 0 Å². The Balaban J connectivity index is 2.39. The van der Waals surface area contributed by atoms with Gasteiger partial charge in [-0.2, -0.15) is 0 Å². The van der Waals surface area contributed by atoms with Gasteiger partial charge in [0.25, 0.3) is 5.91 Å². The Hall–Kier alpha value is -1.47. The summed E-state index contributed by atoms with van der Waals surface area (Å²) >= 11 is 0. The van der Waals surface area contributed by atoms with Gasteiger partial charge in [-0.15, -0.1) is 0 Å². The molecular weight excluding hydrogens is 291 g/mol. The molecule has 1 amide bonds. The van der Waals surface area contributed by atoms with Gasteiger partial charge in [0, 0.05) is 19.6 Å². The normalized spacial score (nSPS) is 19.4. The minimum absolute atomic E-state index is 0.0496. The van der Waals surface area contributed by atoms with Crippen LogP contribution in [0.1, 0.15) is 38.1 Å². The first-order chi connectivity index (χ1) is 9.96. The summed E-state index contributed by atoms with van der Waals surface area (Å²) in [4.78, 5) is 13.0. The molecule has 0 radical (unpaired) electrons. The molecule has 1 aliphatic heterocycles. The lowest BCUT2D eigenvalue weighted by molar-refractivity contribution is 0.00578. The summed E-state index contributed by atoms with van der Waals surface area (Å²) in [6.45, 7) is 7.30. The van der Waals surface area contributed by atoms with Crippen molar-refractivity contribution < 1.29 is 22.9 Å². The molecule has 0 saturated carbocycles. The highest BCUT2D eigenvalue weighted by Gasteiger charge is 2.52. The predicted molar refractivity (Wildman–Crippen MR) is 80.1 cm³/mol. The first-order valence-electron chi connectivity index (χ1n) is 7.02. The highest BCUT2D eigenvalue weighted by molar-refractivity contribution is 6.62. The largest absolute Gasteiger partial charge is 0.497 e. The van der Waals surface area contributed by atoms with Crippen LogP contribution < -0.4 is 5.46 Å². The second-order valence-electron chi connectivity index (χ2n) is 6.64. The zero-order chi connectivity index (χ0) is 16.9. The Morgan fingerprint density at radius 1 is 1.05 bits per heavy atom. The van der Waals surface area contributed by atoms with Crippen molar-refractivity contribution >= 4 is 18.5 Å². The lowest BCUT2D eigenvalue weighted by atomic mass is 9.78. The number of halogens is 2. The van der Waals surface area contributed by atoms with E-state index in [1.165, 1.54) is 19.0 Å². The molecule has 1 aromatic carbocycles. The molecular formula is C15H20BF2NO3. The second kappa shape index (κ2) is 5.31. The monoisotopic (exact) mass is 311 g/mol. The van der Waals surface area contributed by atoms with Gasteiger partial charge in [0.1, 0.15) is 11.6 Å². The molecule has 0 atom stereocenters. The third-order valence-electron chi connectivity index (χ3n) is 4.23. The fourth-order valence-electron chi connectivity index (χ4n) is 2.12. The van der Waals surface area contributed by atoms with Crippen LogP contribution in [0.2, 0.25) is 0 Å². The average Bonchev–Trinajstić information content (AvgIpc) is 2.59. The van der Waals surface area contributed by atoms with E-state index in [0.717, 1.165) is 12.1 Å². The number of nitrogens with zero attached hydrogens (tertiary/aromatic N) is 1. The third kappa shape index (κ3) is 2.75. The van der Waals surface area contributed by atoms with E-state index in [1.54, 1.807) is 0 Å². The lowest BCUT2D eigenvalue weighted by Crippen LogP contribution is -2.41. The Morgan fingerprint density at radius 3 is 2.00 bits per heavy atom. The first-order valence-corrected chi connectivity index (χ1v) is 7.02. The molecule has 0 spiro atoms. The van der Waals surface area contributed by atoms with Crippen LogP contribution in [-0.2, 0) is 9.31 Å². The average molecular weight is 311 g/mol. The molecule has 2 rings (SSSR count). The van der Waals surface area contributed by atoms with Gasteiger partial charge in [-0.25, -0.2) is 8.78 Å². The molecule has 22 heavy (non-hydrogen) atoms. The molecule has 7 heteroatoms. The Kier molecular flexibility index (Phi) is 4.08. The number of rotatable bonds is 2. The number of amides is 1. The highest BCUT2D eigenvalue weighted by Crippen LogP contribution is 2.36. The van der Waals surface area contributed by atoms with E-state index in [4.69, 9.17) is 9.31 Å². The quantitative estimate of drug-likeness (QED) is 0.784. The number of benzene rings is 1. The van der Waals surface area contributed by atoms with Gasteiger partial charge in [-0.1, -0.05) is 0 Å². The minimum atomic E-state index is -1.01. The molecule has 1 saturated heterocycles. The molecule has 0 bridgehead atoms. The molecule has 0 aromatic heterocycles. The maximum absolute atomic E-state index is 14.3. The molecule has 4 nitrogen and oxygen atoms in total. The van der Waals surface area contributed by atoms with Gasteiger partial charge < -0.3 is 14.2 Å². The van der Waals surface area contributed by atoms with E-state index in [-0.39, 0.29) is 11.0 Å². The van der Waals surface area contributed by atoms with Crippen molar-refractivity contribution in [1.29, 1.82) is 0 Å². The molecule has 0 aliphatic carbocycles. The molecule has 0 unspecified atom stereocenters. The van der Waals surface area contributed by atoms with Crippen LogP contribution in [0.15, 0.2) is 12.1 Å². The third-order valence-corrected chi connectivity index (χ3v) is 4.23. The van der Waals surface area contributed by atoms with Crippen LogP contribution in [0.25, 0.3) is 0 Å². The van der Waals surface area contributed by atoms with Crippen molar-refractivity contribution in [2.75, 3.05) is 14.1 Å². The van der Waals surface area contributed by atoms with Gasteiger partial charge in [0.05, 0.1) is 16.8 Å². The van der Waals surface area contributed by atoms with Crippen LogP contribution in [0.5, 0.6) is 0 Å². The molecule has 1 aliphatic rings. The Bertz CT molecular complexity index is 601. The summed E-state index contributed by atoms with van der Waals surface area (Å²) in [7, 11) is 1.94. The topological polar surface area (TPSA) is 38.8 Å². The van der Waals surface area contributed by atoms with E-state index in [0.29, 0.717) is 0 Å². The summed E-state index contributed by atoms with van der Waals surface area (Å²) in [5.74, 6) is -2.13. The molecule has 1 aromatic rings. The summed E-state index contributed by atoms with van der Waals surface area (Å²) in [6.07, 6.45) is 0. The smallest absolute Gasteiger partial charge is 0.399 e.